The number of hydrogen-bond acceptors (Lipinski definition) is 26. The number of amides is 4. The summed E-state index contributed by atoms with van der Waals surface area (Å²) in [6, 6.07) is -0.859. The van der Waals surface area contributed by atoms with Crippen molar-refractivity contribution in [1.82, 2.24) is 26.6 Å². The third-order valence-corrected chi connectivity index (χ3v) is 14.5. The van der Waals surface area contributed by atoms with Crippen LogP contribution < -0.4 is 32.3 Å². The Morgan fingerprint density at radius 2 is 1.26 bits per heavy atom. The van der Waals surface area contributed by atoms with E-state index in [0.29, 0.717) is 38.5 Å². The van der Waals surface area contributed by atoms with Crippen LogP contribution in [0.4, 0.5) is 0 Å². The molecular formula is C53H78N6O25. The first-order valence-electron chi connectivity index (χ1n) is 28.0. The molecular weight excluding hydrogens is 1120 g/mol. The Bertz CT molecular complexity index is 2410. The Kier molecular flexibility index (Phi) is 26.0. The number of unbranched alkanes of at least 4 members (excludes halogenated alkanes) is 3. The van der Waals surface area contributed by atoms with Gasteiger partial charge < -0.3 is 84.2 Å². The lowest BCUT2D eigenvalue weighted by atomic mass is 9.73. The molecule has 0 saturated carbocycles. The van der Waals surface area contributed by atoms with E-state index in [-0.39, 0.29) is 135 Å². The predicted molar refractivity (Wildman–Crippen MR) is 277 cm³/mol. The summed E-state index contributed by atoms with van der Waals surface area (Å²) in [5.74, 6) is -14.9. The van der Waals surface area contributed by atoms with Gasteiger partial charge in [0.15, 0.2) is 6.61 Å². The predicted octanol–water partition coefficient (Wildman–Crippen LogP) is -1.53. The van der Waals surface area contributed by atoms with Crippen LogP contribution in [0.3, 0.4) is 0 Å². The van der Waals surface area contributed by atoms with Crippen molar-refractivity contribution < 1.29 is 120 Å². The zero-order valence-corrected chi connectivity index (χ0v) is 47.5. The minimum absolute atomic E-state index is 0.0135. The van der Waals surface area contributed by atoms with Crippen molar-refractivity contribution in [2.75, 3.05) is 79.0 Å². The van der Waals surface area contributed by atoms with Crippen LogP contribution in [0.15, 0.2) is 0 Å². The van der Waals surface area contributed by atoms with Crippen LogP contribution in [0.25, 0.3) is 0 Å². The van der Waals surface area contributed by atoms with Crippen molar-refractivity contribution in [2.45, 2.75) is 153 Å². The molecule has 0 aromatic carbocycles. The number of carbonyl (C=O) groups excluding carboxylic acids is 12. The van der Waals surface area contributed by atoms with Crippen LogP contribution >= 0.6 is 0 Å². The van der Waals surface area contributed by atoms with E-state index in [1.807, 2.05) is 0 Å². The Balaban J connectivity index is 1.06. The highest BCUT2D eigenvalue weighted by atomic mass is 16.9. The summed E-state index contributed by atoms with van der Waals surface area (Å²) >= 11 is 0. The number of cyclic esters (lactones) is 2. The minimum Gasteiger partial charge on any atom is -0.481 e. The third kappa shape index (κ3) is 20.3. The maximum atomic E-state index is 12.9. The summed E-state index contributed by atoms with van der Waals surface area (Å²) in [6.45, 7) is 2.25. The van der Waals surface area contributed by atoms with Crippen molar-refractivity contribution in [3.63, 3.8) is 0 Å². The van der Waals surface area contributed by atoms with Gasteiger partial charge in [0.25, 0.3) is 12.1 Å². The monoisotopic (exact) mass is 1200 g/mol. The molecule has 84 heavy (non-hydrogen) atoms. The van der Waals surface area contributed by atoms with Crippen molar-refractivity contribution in [2.24, 2.45) is 28.9 Å². The third-order valence-electron chi connectivity index (χ3n) is 14.5. The zero-order chi connectivity index (χ0) is 61.5. The molecule has 5 heterocycles. The topological polar surface area (TPSA) is 430 Å². The van der Waals surface area contributed by atoms with E-state index in [4.69, 9.17) is 57.8 Å². The van der Waals surface area contributed by atoms with Crippen LogP contribution in [-0.4, -0.2) is 191 Å². The van der Waals surface area contributed by atoms with E-state index in [2.05, 4.69) is 26.6 Å². The molecule has 5 saturated heterocycles. The number of esters is 8. The summed E-state index contributed by atoms with van der Waals surface area (Å²) in [7, 11) is 0. The number of hydrogen-bond donors (Lipinski definition) is 7. The molecule has 4 amide bonds. The van der Waals surface area contributed by atoms with Crippen LogP contribution in [0.1, 0.15) is 124 Å². The van der Waals surface area contributed by atoms with Crippen molar-refractivity contribution in [3.8, 4) is 0 Å². The molecule has 0 radical (unpaired) electrons. The number of rotatable bonds is 36. The van der Waals surface area contributed by atoms with Crippen LogP contribution in [0.2, 0.25) is 0 Å². The molecule has 5 rings (SSSR count). The lowest BCUT2D eigenvalue weighted by Gasteiger charge is -2.34. The molecule has 9 atom stereocenters. The maximum absolute atomic E-state index is 12.9. The Labute approximate surface area is 483 Å². The fourth-order valence-electron chi connectivity index (χ4n) is 10.3. The number of nitrogens with two attached hydrogens (primary N) is 1. The molecule has 1 spiro atoms. The summed E-state index contributed by atoms with van der Waals surface area (Å²) in [6.07, 6.45) is 0.953. The van der Waals surface area contributed by atoms with Crippen molar-refractivity contribution in [1.29, 1.82) is 0 Å². The fraction of sp³-hybridized carbons (Fsp3) is 0.755. The molecule has 0 aliphatic carbocycles. The van der Waals surface area contributed by atoms with Crippen molar-refractivity contribution in [3.05, 3.63) is 0 Å². The SMILES string of the molecule is CC(=O)NC(COCCC(=O)NCCCCC1NCC(=O)OC2(CCC(=O)O2)COC1=O)(COCCC(=O)NCCCCC1C(=O)O[C@H](OC(=O)CN)C1CC(=O)O)COCCC(=O)NCCCCC1C(=O)OC2(OC(C)=O)OC(=O)CC12C. The summed E-state index contributed by atoms with van der Waals surface area (Å²) < 4.78 is 59.3. The Morgan fingerprint density at radius 3 is 1.79 bits per heavy atom. The van der Waals surface area contributed by atoms with E-state index >= 15 is 0 Å². The zero-order valence-electron chi connectivity index (χ0n) is 47.5. The second kappa shape index (κ2) is 32.3. The van der Waals surface area contributed by atoms with Gasteiger partial charge in [0.2, 0.25) is 23.6 Å². The average molecular weight is 1200 g/mol. The molecule has 31 heteroatoms. The van der Waals surface area contributed by atoms with E-state index in [1.54, 1.807) is 6.92 Å². The normalized spacial score (nSPS) is 26.1. The van der Waals surface area contributed by atoms with E-state index in [0.717, 1.165) is 6.92 Å². The van der Waals surface area contributed by atoms with Gasteiger partial charge in [-0.05, 0) is 51.9 Å². The molecule has 5 aliphatic rings. The minimum atomic E-state index is -2.13. The Hall–Kier alpha value is -7.09. The van der Waals surface area contributed by atoms with Gasteiger partial charge in [0, 0.05) is 59.2 Å². The van der Waals surface area contributed by atoms with Gasteiger partial charge >= 0.3 is 59.7 Å². The van der Waals surface area contributed by atoms with Gasteiger partial charge in [0.05, 0.1) is 89.7 Å². The number of carboxylic acids is 1. The second-order valence-corrected chi connectivity index (χ2v) is 21.4. The first kappa shape index (κ1) is 67.7. The summed E-state index contributed by atoms with van der Waals surface area (Å²) in [5, 5.41) is 23.3. The van der Waals surface area contributed by atoms with Gasteiger partial charge in [-0.25, -0.2) is 0 Å². The number of fused-ring (bicyclic) bond motifs is 1. The van der Waals surface area contributed by atoms with E-state index in [9.17, 15) is 67.4 Å². The molecule has 0 aromatic heterocycles. The van der Waals surface area contributed by atoms with Gasteiger partial charge in [-0.2, -0.15) is 0 Å². The quantitative estimate of drug-likeness (QED) is 0.0212. The highest BCUT2D eigenvalue weighted by Crippen LogP contribution is 2.57. The first-order chi connectivity index (χ1) is 39.9. The molecule has 8 unspecified atom stereocenters. The van der Waals surface area contributed by atoms with Gasteiger partial charge in [-0.1, -0.05) is 12.8 Å². The maximum Gasteiger partial charge on any atom is 0.430 e. The number of nitrogens with one attached hydrogen (secondary N) is 5. The largest absolute Gasteiger partial charge is 0.481 e. The number of ether oxygens (including phenoxy) is 11. The average Bonchev–Trinajstić information content (AvgIpc) is 1.94. The lowest BCUT2D eigenvalue weighted by molar-refractivity contribution is -0.334. The molecule has 5 aliphatic heterocycles. The number of aliphatic carboxylic acids is 1. The lowest BCUT2D eigenvalue weighted by Crippen LogP contribution is -2.58. The highest BCUT2D eigenvalue weighted by Gasteiger charge is 2.74. The molecule has 470 valence electrons. The van der Waals surface area contributed by atoms with Gasteiger partial charge in [-0.15, -0.1) is 0 Å². The summed E-state index contributed by atoms with van der Waals surface area (Å²) in [4.78, 5) is 161. The Morgan fingerprint density at radius 1 is 0.702 bits per heavy atom. The first-order valence-corrected chi connectivity index (χ1v) is 28.0. The highest BCUT2D eigenvalue weighted by molar-refractivity contribution is 5.84. The van der Waals surface area contributed by atoms with Crippen molar-refractivity contribution >= 4 is 77.4 Å². The van der Waals surface area contributed by atoms with Crippen LogP contribution in [-0.2, 0) is 114 Å². The van der Waals surface area contributed by atoms with Crippen LogP contribution in [0, 0.1) is 23.2 Å². The molecule has 8 N–H and O–H groups in total. The standard InChI is InChI=1S/C53H78N6O25/c1-32(60)59-51(28-74-21-14-38(62)55-18-7-4-10-34-35(24-41(65)66)49(79-46(34)71)78-44(69)26-54,29-75-22-15-39(63)56-19-8-5-11-36-47(72)84-53(80-33(2)61)50(36,3)25-43(68)83-53)30-76-23-16-40(64)57-20-9-6-12-37-48(73)77-31-52(17-13-42(67)81-52)82-45(70)27-58-37/h34-37,49,58H,4-31,54H2,1-3H3,(H,55,62)(H,56,63)(H,57,64)(H,59,60)(H,65,66)/t34?,35?,36?,37?,49-,50?,51?,52?,53?/m0/s1. The second-order valence-electron chi connectivity index (χ2n) is 21.4. The molecule has 5 fully saturated rings. The van der Waals surface area contributed by atoms with Gasteiger partial charge in [0.1, 0.15) is 17.0 Å². The van der Waals surface area contributed by atoms with Gasteiger partial charge in [-0.3, -0.25) is 67.6 Å². The van der Waals surface area contributed by atoms with E-state index in [1.165, 1.54) is 6.92 Å². The number of carbonyl (C=O) groups is 13. The molecule has 0 bridgehead atoms. The fourth-order valence-corrected chi connectivity index (χ4v) is 10.3. The smallest absolute Gasteiger partial charge is 0.430 e. The molecule has 0 aromatic rings. The van der Waals surface area contributed by atoms with E-state index < -0.39 is 138 Å². The summed E-state index contributed by atoms with van der Waals surface area (Å²) in [5.41, 5.74) is 2.65. The van der Waals surface area contributed by atoms with Crippen LogP contribution in [0.5, 0.6) is 0 Å². The number of carboxylic acid groups (broad SMARTS) is 1. The molecule has 31 nitrogen and oxygen atoms in total.